The van der Waals surface area contributed by atoms with Crippen LogP contribution in [0.2, 0.25) is 0 Å². The molecule has 6 nitrogen and oxygen atoms in total. The lowest BCUT2D eigenvalue weighted by Gasteiger charge is -2.24. The maximum Gasteiger partial charge on any atom is 0.145 e. The van der Waals surface area contributed by atoms with Crippen molar-refractivity contribution in [1.82, 2.24) is 20.3 Å². The maximum atomic E-state index is 4.81. The van der Waals surface area contributed by atoms with E-state index in [-0.39, 0.29) is 0 Å². The van der Waals surface area contributed by atoms with Gasteiger partial charge in [-0.2, -0.15) is 0 Å². The van der Waals surface area contributed by atoms with Crippen LogP contribution in [0.15, 0.2) is 55.1 Å². The number of rotatable bonds is 6. The van der Waals surface area contributed by atoms with Gasteiger partial charge in [-0.05, 0) is 62.2 Å². The highest BCUT2D eigenvalue weighted by Gasteiger charge is 2.24. The molecular formula is C23H26N6. The van der Waals surface area contributed by atoms with Crippen molar-refractivity contribution in [3.05, 3.63) is 55.1 Å². The zero-order chi connectivity index (χ0) is 19.6. The predicted octanol–water partition coefficient (Wildman–Crippen LogP) is 4.19. The molecule has 0 spiro atoms. The van der Waals surface area contributed by atoms with E-state index in [2.05, 4.69) is 56.8 Å². The van der Waals surface area contributed by atoms with E-state index in [4.69, 9.17) is 4.98 Å². The smallest absolute Gasteiger partial charge is 0.145 e. The Bertz CT molecular complexity index is 1040. The Balaban J connectivity index is 1.38. The van der Waals surface area contributed by atoms with Crippen LogP contribution in [0.3, 0.4) is 0 Å². The van der Waals surface area contributed by atoms with Crippen LogP contribution < -0.4 is 16.0 Å². The first kappa shape index (κ1) is 18.1. The third-order valence-electron chi connectivity index (χ3n) is 5.70. The Hall–Kier alpha value is -2.99. The SMILES string of the molecule is C=C(Nc1cc2cc(-c3cncc(NC4CCNCC4)n3)ccc2cn1)C1CC1. The monoisotopic (exact) mass is 386 g/mol. The van der Waals surface area contributed by atoms with Crippen LogP contribution in [0, 0.1) is 5.92 Å². The molecule has 1 saturated heterocycles. The molecule has 0 radical (unpaired) electrons. The molecule has 5 rings (SSSR count). The Kier molecular flexibility index (Phi) is 4.86. The molecule has 29 heavy (non-hydrogen) atoms. The number of anilines is 2. The molecule has 148 valence electrons. The number of nitrogens with zero attached hydrogens (tertiary/aromatic N) is 3. The van der Waals surface area contributed by atoms with Gasteiger partial charge in [0.2, 0.25) is 0 Å². The van der Waals surface area contributed by atoms with Crippen LogP contribution >= 0.6 is 0 Å². The first-order valence-electron chi connectivity index (χ1n) is 10.4. The number of nitrogens with one attached hydrogen (secondary N) is 3. The summed E-state index contributed by atoms with van der Waals surface area (Å²) in [6, 6.07) is 8.86. The van der Waals surface area contributed by atoms with Gasteiger partial charge in [0.25, 0.3) is 0 Å². The second-order valence-electron chi connectivity index (χ2n) is 8.01. The van der Waals surface area contributed by atoms with Crippen LogP contribution in [-0.2, 0) is 0 Å². The van der Waals surface area contributed by atoms with Gasteiger partial charge in [0.15, 0.2) is 0 Å². The number of allylic oxidation sites excluding steroid dienone is 1. The van der Waals surface area contributed by atoms with E-state index in [1.165, 1.54) is 12.8 Å². The second-order valence-corrected chi connectivity index (χ2v) is 8.01. The molecule has 1 saturated carbocycles. The topological polar surface area (TPSA) is 74.8 Å². The minimum Gasteiger partial charge on any atom is -0.366 e. The van der Waals surface area contributed by atoms with Crippen molar-refractivity contribution in [2.45, 2.75) is 31.7 Å². The predicted molar refractivity (Wildman–Crippen MR) is 118 cm³/mol. The molecule has 0 bridgehead atoms. The summed E-state index contributed by atoms with van der Waals surface area (Å²) in [5.41, 5.74) is 2.99. The van der Waals surface area contributed by atoms with Gasteiger partial charge in [-0.15, -0.1) is 0 Å². The highest BCUT2D eigenvalue weighted by molar-refractivity contribution is 5.88. The molecule has 0 amide bonds. The van der Waals surface area contributed by atoms with Crippen molar-refractivity contribution >= 4 is 22.4 Å². The maximum absolute atomic E-state index is 4.81. The van der Waals surface area contributed by atoms with Crippen LogP contribution in [0.1, 0.15) is 25.7 Å². The molecule has 3 heterocycles. The molecule has 3 aromatic rings. The highest BCUT2D eigenvalue weighted by atomic mass is 15.1. The van der Waals surface area contributed by atoms with E-state index in [1.54, 1.807) is 0 Å². The number of hydrogen-bond donors (Lipinski definition) is 3. The van der Waals surface area contributed by atoms with E-state index in [1.807, 2.05) is 18.6 Å². The zero-order valence-electron chi connectivity index (χ0n) is 16.5. The van der Waals surface area contributed by atoms with Crippen molar-refractivity contribution in [2.75, 3.05) is 23.7 Å². The van der Waals surface area contributed by atoms with Gasteiger partial charge in [-0.1, -0.05) is 18.7 Å². The van der Waals surface area contributed by atoms with Gasteiger partial charge in [0.1, 0.15) is 11.6 Å². The largest absolute Gasteiger partial charge is 0.366 e. The molecule has 0 unspecified atom stereocenters. The zero-order valence-corrected chi connectivity index (χ0v) is 16.5. The third kappa shape index (κ3) is 4.22. The highest BCUT2D eigenvalue weighted by Crippen LogP contribution is 2.36. The number of fused-ring (bicyclic) bond motifs is 1. The van der Waals surface area contributed by atoms with E-state index in [0.717, 1.165) is 65.3 Å². The number of benzene rings is 1. The Morgan fingerprint density at radius 2 is 1.83 bits per heavy atom. The van der Waals surface area contributed by atoms with Crippen LogP contribution in [-0.4, -0.2) is 34.1 Å². The summed E-state index contributed by atoms with van der Waals surface area (Å²) < 4.78 is 0. The minimum absolute atomic E-state index is 0.455. The fraction of sp³-hybridized carbons (Fsp3) is 0.348. The fourth-order valence-electron chi connectivity index (χ4n) is 3.82. The molecule has 1 aliphatic heterocycles. The van der Waals surface area contributed by atoms with Gasteiger partial charge in [0.05, 0.1) is 18.1 Å². The molecule has 2 aromatic heterocycles. The standard InChI is InChI=1S/C23H26N6/c1-15(16-2-3-16)27-22-11-19-10-17(4-5-18(19)12-26-22)21-13-25-14-23(29-21)28-20-6-8-24-9-7-20/h4-5,10-14,16,20,24H,1-3,6-9H2,(H,26,27)(H,28,29). The lowest BCUT2D eigenvalue weighted by molar-refractivity contribution is 0.478. The second kappa shape index (κ2) is 7.79. The summed E-state index contributed by atoms with van der Waals surface area (Å²) in [7, 11) is 0. The molecule has 1 aromatic carbocycles. The first-order chi connectivity index (χ1) is 14.2. The van der Waals surface area contributed by atoms with E-state index < -0.39 is 0 Å². The number of piperidine rings is 1. The Morgan fingerprint density at radius 1 is 0.966 bits per heavy atom. The van der Waals surface area contributed by atoms with Crippen molar-refractivity contribution < 1.29 is 0 Å². The van der Waals surface area contributed by atoms with Gasteiger partial charge in [-0.25, -0.2) is 9.97 Å². The fourth-order valence-corrected chi connectivity index (χ4v) is 3.82. The van der Waals surface area contributed by atoms with E-state index in [0.29, 0.717) is 12.0 Å². The lowest BCUT2D eigenvalue weighted by Crippen LogP contribution is -2.35. The average molecular weight is 387 g/mol. The lowest BCUT2D eigenvalue weighted by atomic mass is 10.1. The molecule has 2 aliphatic rings. The Morgan fingerprint density at radius 3 is 2.66 bits per heavy atom. The molecule has 0 atom stereocenters. The Labute approximate surface area is 170 Å². The molecule has 2 fully saturated rings. The first-order valence-corrected chi connectivity index (χ1v) is 10.4. The van der Waals surface area contributed by atoms with Crippen LogP contribution in [0.25, 0.3) is 22.0 Å². The number of hydrogen-bond acceptors (Lipinski definition) is 6. The molecule has 6 heteroatoms. The quantitative estimate of drug-likeness (QED) is 0.590. The van der Waals surface area contributed by atoms with Crippen molar-refractivity contribution in [3.8, 4) is 11.3 Å². The summed E-state index contributed by atoms with van der Waals surface area (Å²) >= 11 is 0. The number of pyridine rings is 1. The van der Waals surface area contributed by atoms with Crippen molar-refractivity contribution in [1.29, 1.82) is 0 Å². The summed E-state index contributed by atoms with van der Waals surface area (Å²) in [5, 5.41) is 12.5. The molecule has 3 N–H and O–H groups in total. The average Bonchev–Trinajstić information content (AvgIpc) is 3.60. The summed E-state index contributed by atoms with van der Waals surface area (Å²) in [4.78, 5) is 13.7. The van der Waals surface area contributed by atoms with Gasteiger partial charge < -0.3 is 16.0 Å². The van der Waals surface area contributed by atoms with Gasteiger partial charge in [-0.3, -0.25) is 4.98 Å². The normalized spacial score (nSPS) is 17.2. The molecular weight excluding hydrogens is 360 g/mol. The van der Waals surface area contributed by atoms with E-state index in [9.17, 15) is 0 Å². The minimum atomic E-state index is 0.455. The summed E-state index contributed by atoms with van der Waals surface area (Å²) in [6.45, 7) is 6.23. The van der Waals surface area contributed by atoms with E-state index >= 15 is 0 Å². The number of aromatic nitrogens is 3. The molecule has 1 aliphatic carbocycles. The van der Waals surface area contributed by atoms with Gasteiger partial charge >= 0.3 is 0 Å². The summed E-state index contributed by atoms with van der Waals surface area (Å²) in [5.74, 6) is 2.29. The van der Waals surface area contributed by atoms with Crippen LogP contribution in [0.4, 0.5) is 11.6 Å². The third-order valence-corrected chi connectivity index (χ3v) is 5.70. The van der Waals surface area contributed by atoms with Crippen LogP contribution in [0.5, 0.6) is 0 Å². The summed E-state index contributed by atoms with van der Waals surface area (Å²) in [6.07, 6.45) is 10.2. The van der Waals surface area contributed by atoms with Crippen molar-refractivity contribution in [3.63, 3.8) is 0 Å². The van der Waals surface area contributed by atoms with Gasteiger partial charge in [0, 0.05) is 28.9 Å². The van der Waals surface area contributed by atoms with Crippen molar-refractivity contribution in [2.24, 2.45) is 5.92 Å².